The number of hydrogen-bond acceptors (Lipinski definition) is 6. The van der Waals surface area contributed by atoms with Gasteiger partial charge in [-0.2, -0.15) is 10.5 Å². The monoisotopic (exact) mass is 396 g/mol. The fourth-order valence-corrected chi connectivity index (χ4v) is 1.57. The van der Waals surface area contributed by atoms with Gasteiger partial charge >= 0.3 is 17.5 Å². The van der Waals surface area contributed by atoms with Gasteiger partial charge in [-0.1, -0.05) is 59.1 Å². The number of nitrogens with zero attached hydrogens (tertiary/aromatic N) is 1. The zero-order valence-corrected chi connectivity index (χ0v) is 16.8. The Kier molecular flexibility index (Phi) is 20.1. The van der Waals surface area contributed by atoms with Gasteiger partial charge < -0.3 is 14.7 Å². The molecule has 9 nitrogen and oxygen atoms in total. The predicted molar refractivity (Wildman–Crippen MR) is 100.0 cm³/mol. The lowest BCUT2D eigenvalue weighted by molar-refractivity contribution is -0.0853. The van der Waals surface area contributed by atoms with Gasteiger partial charge in [0.2, 0.25) is 0 Å². The highest BCUT2D eigenvalue weighted by atomic mass is 32.1. The van der Waals surface area contributed by atoms with Crippen LogP contribution >= 0.6 is 12.6 Å². The maximum atomic E-state index is 11.2. The van der Waals surface area contributed by atoms with E-state index in [2.05, 4.69) is 17.5 Å². The average molecular weight is 397 g/mol. The summed E-state index contributed by atoms with van der Waals surface area (Å²) in [6, 6.07) is 0. The smallest absolute Gasteiger partial charge is 0.464 e. The molecule has 0 bridgehead atoms. The molecule has 0 atom stereocenters. The highest BCUT2D eigenvalue weighted by Crippen LogP contribution is 2.04. The summed E-state index contributed by atoms with van der Waals surface area (Å²) in [5, 5.41) is 8.31. The molecule has 0 aliphatic carbocycles. The third-order valence-electron chi connectivity index (χ3n) is 2.84. The minimum Gasteiger partial charge on any atom is -0.464 e. The maximum Gasteiger partial charge on any atom is 0.533 e. The van der Waals surface area contributed by atoms with Crippen LogP contribution in [-0.4, -0.2) is 47.4 Å². The van der Waals surface area contributed by atoms with Crippen LogP contribution in [0.3, 0.4) is 0 Å². The van der Waals surface area contributed by atoms with E-state index >= 15 is 0 Å². The highest BCUT2D eigenvalue weighted by molar-refractivity contribution is 7.96. The molecule has 0 spiro atoms. The van der Waals surface area contributed by atoms with Gasteiger partial charge in [-0.05, 0) is 19.3 Å². The molecule has 0 aliphatic rings. The van der Waals surface area contributed by atoms with E-state index in [4.69, 9.17) is 14.7 Å². The van der Waals surface area contributed by atoms with Gasteiger partial charge in [-0.3, -0.25) is 9.63 Å². The number of carboxylic acid groups (broad SMARTS) is 1. The molecule has 0 saturated carbocycles. The summed E-state index contributed by atoms with van der Waals surface area (Å²) in [4.78, 5) is 41.2. The fourth-order valence-electron chi connectivity index (χ4n) is 1.43. The Balaban J connectivity index is 0. The Bertz CT molecular complexity index is 384. The Morgan fingerprint density at radius 2 is 1.54 bits per heavy atom. The van der Waals surface area contributed by atoms with Crippen molar-refractivity contribution in [2.24, 2.45) is 0 Å². The van der Waals surface area contributed by atoms with Crippen molar-refractivity contribution in [2.45, 2.75) is 65.7 Å². The van der Waals surface area contributed by atoms with Crippen molar-refractivity contribution in [1.82, 2.24) is 10.5 Å². The number of ether oxygens (including phenoxy) is 1. The highest BCUT2D eigenvalue weighted by Gasteiger charge is 2.16. The number of carbonyl (C=O) groups is 3. The van der Waals surface area contributed by atoms with Crippen LogP contribution in [0.1, 0.15) is 65.7 Å². The number of hydroxylamine groups is 3. The van der Waals surface area contributed by atoms with Crippen LogP contribution in [-0.2, 0) is 14.4 Å². The van der Waals surface area contributed by atoms with E-state index in [0.717, 1.165) is 50.0 Å². The molecule has 0 heterocycles. The molecular formula is C16H32N2O7S. The summed E-state index contributed by atoms with van der Waals surface area (Å²) in [6.45, 7) is 7.14. The summed E-state index contributed by atoms with van der Waals surface area (Å²) >= 11 is 3.63. The molecule has 0 aromatic carbocycles. The van der Waals surface area contributed by atoms with Crippen LogP contribution in [0.15, 0.2) is 0 Å². The van der Waals surface area contributed by atoms with Gasteiger partial charge in [0.25, 0.3) is 0 Å². The molecule has 0 radical (unpaired) electrons. The first-order chi connectivity index (χ1) is 12.4. The van der Waals surface area contributed by atoms with Crippen LogP contribution in [0.2, 0.25) is 0 Å². The van der Waals surface area contributed by atoms with Crippen molar-refractivity contribution < 1.29 is 33.9 Å². The normalized spacial score (nSPS) is 9.54. The zero-order valence-electron chi connectivity index (χ0n) is 15.9. The van der Waals surface area contributed by atoms with E-state index in [1.807, 2.05) is 20.8 Å². The minimum absolute atomic E-state index is 0.304. The molecular weight excluding hydrogens is 364 g/mol. The minimum atomic E-state index is -1.15. The van der Waals surface area contributed by atoms with Gasteiger partial charge in [0, 0.05) is 0 Å². The Morgan fingerprint density at radius 3 is 2.04 bits per heavy atom. The second kappa shape index (κ2) is 19.6. The van der Waals surface area contributed by atoms with E-state index in [0.29, 0.717) is 19.8 Å². The largest absolute Gasteiger partial charge is 0.533 e. The Morgan fingerprint density at radius 1 is 0.962 bits per heavy atom. The van der Waals surface area contributed by atoms with Crippen molar-refractivity contribution in [3.63, 3.8) is 0 Å². The summed E-state index contributed by atoms with van der Waals surface area (Å²) in [6.07, 6.45) is 4.34. The first kappa shape index (κ1) is 26.5. The number of unbranched alkanes of at least 4 members (excludes halogenated alkanes) is 4. The van der Waals surface area contributed by atoms with Crippen molar-refractivity contribution in [3.05, 3.63) is 0 Å². The van der Waals surface area contributed by atoms with Crippen LogP contribution in [0.4, 0.5) is 14.4 Å². The topological polar surface area (TPSA) is 114 Å². The molecule has 154 valence electrons. The van der Waals surface area contributed by atoms with Crippen LogP contribution in [0, 0.1) is 0 Å². The lowest BCUT2D eigenvalue weighted by Gasteiger charge is -2.18. The zero-order chi connectivity index (χ0) is 20.2. The molecule has 10 heteroatoms. The first-order valence-electron chi connectivity index (χ1n) is 8.84. The number of hydrogen-bond donors (Lipinski definition) is 3. The number of rotatable bonds is 11. The van der Waals surface area contributed by atoms with E-state index in [9.17, 15) is 14.4 Å². The van der Waals surface area contributed by atoms with E-state index in [-0.39, 0.29) is 0 Å². The number of amides is 2. The van der Waals surface area contributed by atoms with E-state index < -0.39 is 17.5 Å². The fraction of sp³-hybridized carbons (Fsp3) is 0.812. The van der Waals surface area contributed by atoms with Crippen LogP contribution in [0.25, 0.3) is 0 Å². The summed E-state index contributed by atoms with van der Waals surface area (Å²) in [5.74, 6) is 0. The lowest BCUT2D eigenvalue weighted by Crippen LogP contribution is -2.31. The van der Waals surface area contributed by atoms with Crippen molar-refractivity contribution in [2.75, 3.05) is 19.8 Å². The Hall–Kier alpha value is -1.68. The van der Waals surface area contributed by atoms with E-state index in [1.54, 1.807) is 5.48 Å². The molecule has 0 aromatic rings. The number of thiol groups is 1. The van der Waals surface area contributed by atoms with Crippen LogP contribution < -0.4 is 5.48 Å². The summed E-state index contributed by atoms with van der Waals surface area (Å²) in [5.41, 5.74) is 1.80. The molecule has 2 N–H and O–H groups in total. The SMILES string of the molecule is CCCCCN(OC(=O)OCCCC)C(=O)S.CCCCONC(=O)O. The van der Waals surface area contributed by atoms with Crippen molar-refractivity contribution in [1.29, 1.82) is 0 Å². The number of carbonyl (C=O) groups excluding carboxylic acids is 2. The van der Waals surface area contributed by atoms with Gasteiger partial charge in [0.1, 0.15) is 0 Å². The Labute approximate surface area is 160 Å². The molecule has 0 saturated heterocycles. The van der Waals surface area contributed by atoms with E-state index in [1.165, 1.54) is 0 Å². The van der Waals surface area contributed by atoms with Crippen molar-refractivity contribution in [3.8, 4) is 0 Å². The summed E-state index contributed by atoms with van der Waals surface area (Å²) in [7, 11) is 0. The summed E-state index contributed by atoms with van der Waals surface area (Å²) < 4.78 is 4.78. The van der Waals surface area contributed by atoms with Gasteiger partial charge in [0.15, 0.2) is 0 Å². The predicted octanol–water partition coefficient (Wildman–Crippen LogP) is 4.38. The molecule has 0 unspecified atom stereocenters. The molecule has 0 fully saturated rings. The molecule has 0 rings (SSSR count). The lowest BCUT2D eigenvalue weighted by atomic mass is 10.2. The maximum absolute atomic E-state index is 11.2. The first-order valence-corrected chi connectivity index (χ1v) is 9.29. The number of nitrogens with one attached hydrogen (secondary N) is 1. The average Bonchev–Trinajstić information content (AvgIpc) is 2.58. The third kappa shape index (κ3) is 20.4. The van der Waals surface area contributed by atoms with Crippen molar-refractivity contribution >= 4 is 30.1 Å². The molecule has 2 amide bonds. The van der Waals surface area contributed by atoms with Gasteiger partial charge in [-0.15, -0.1) is 0 Å². The molecule has 0 aliphatic heterocycles. The third-order valence-corrected chi connectivity index (χ3v) is 3.06. The van der Waals surface area contributed by atoms with Gasteiger partial charge in [-0.25, -0.2) is 9.59 Å². The molecule has 0 aromatic heterocycles. The molecule has 26 heavy (non-hydrogen) atoms. The second-order valence-electron chi connectivity index (χ2n) is 5.24. The standard InChI is InChI=1S/C11H21NO4S.C5H11NO3/c1-3-5-7-8-12(10(13)17)16-11(14)15-9-6-4-2;1-2-3-4-9-6-5(7)8/h3-9H2,1-2H3,(H,13,17);6H,2-4H2,1H3,(H,7,8). The second-order valence-corrected chi connectivity index (χ2v) is 5.63. The van der Waals surface area contributed by atoms with Gasteiger partial charge in [0.05, 0.1) is 19.8 Å². The quantitative estimate of drug-likeness (QED) is 0.205. The van der Waals surface area contributed by atoms with Crippen LogP contribution in [0.5, 0.6) is 0 Å².